The zero-order chi connectivity index (χ0) is 18.7. The Labute approximate surface area is 148 Å². The van der Waals surface area contributed by atoms with Crippen molar-refractivity contribution in [2.45, 2.75) is 18.8 Å². The Balaban J connectivity index is 1.71. The summed E-state index contributed by atoms with van der Waals surface area (Å²) in [5.41, 5.74) is 0.669. The third kappa shape index (κ3) is 4.53. The molecule has 9 heteroatoms. The monoisotopic (exact) mass is 372 g/mol. The van der Waals surface area contributed by atoms with Gasteiger partial charge in [0.25, 0.3) is 0 Å². The number of imidazole rings is 1. The molecule has 1 aliphatic heterocycles. The van der Waals surface area contributed by atoms with Crippen molar-refractivity contribution < 1.29 is 22.3 Å². The van der Waals surface area contributed by atoms with Gasteiger partial charge in [-0.3, -0.25) is 4.90 Å². The summed E-state index contributed by atoms with van der Waals surface area (Å²) < 4.78 is 57.1. The second-order valence-corrected chi connectivity index (χ2v) is 6.26. The Morgan fingerprint density at radius 2 is 2.15 bits per heavy atom. The molecule has 0 spiro atoms. The van der Waals surface area contributed by atoms with Gasteiger partial charge in [0, 0.05) is 45.6 Å². The summed E-state index contributed by atoms with van der Waals surface area (Å²) in [6.45, 7) is 1.24. The van der Waals surface area contributed by atoms with Gasteiger partial charge in [0.05, 0.1) is 6.04 Å². The molecular weight excluding hydrogens is 352 g/mol. The fourth-order valence-electron chi connectivity index (χ4n) is 3.04. The van der Waals surface area contributed by atoms with Crippen LogP contribution in [0.3, 0.4) is 0 Å². The standard InChI is InChI=1S/C17H20F4N4O/c1-24-6-5-23-16(24)14-9-22-4-7-25(14)10-12-2-3-15(13(18)8-12)26-11-17(19,20)21/h2-3,5-6,8,14,22H,4,7,9-11H2,1H3. The minimum Gasteiger partial charge on any atom is -0.481 e. The van der Waals surface area contributed by atoms with Crippen LogP contribution in [0, 0.1) is 5.82 Å². The minimum absolute atomic E-state index is 0.0352. The smallest absolute Gasteiger partial charge is 0.422 e. The van der Waals surface area contributed by atoms with Gasteiger partial charge in [0.1, 0.15) is 5.82 Å². The van der Waals surface area contributed by atoms with Crippen molar-refractivity contribution >= 4 is 0 Å². The first-order valence-electron chi connectivity index (χ1n) is 8.23. The van der Waals surface area contributed by atoms with Gasteiger partial charge in [-0.05, 0) is 17.7 Å². The van der Waals surface area contributed by atoms with Crippen molar-refractivity contribution in [1.29, 1.82) is 0 Å². The van der Waals surface area contributed by atoms with Crippen molar-refractivity contribution in [2.75, 3.05) is 26.2 Å². The lowest BCUT2D eigenvalue weighted by molar-refractivity contribution is -0.153. The van der Waals surface area contributed by atoms with Crippen LogP contribution in [0.25, 0.3) is 0 Å². The van der Waals surface area contributed by atoms with Crippen LogP contribution < -0.4 is 10.1 Å². The van der Waals surface area contributed by atoms with Crippen LogP contribution in [0.1, 0.15) is 17.4 Å². The highest BCUT2D eigenvalue weighted by Crippen LogP contribution is 2.26. The topological polar surface area (TPSA) is 42.3 Å². The molecule has 0 bridgehead atoms. The summed E-state index contributed by atoms with van der Waals surface area (Å²) in [7, 11) is 1.92. The first-order valence-corrected chi connectivity index (χ1v) is 8.23. The highest BCUT2D eigenvalue weighted by molar-refractivity contribution is 5.29. The molecular formula is C17H20F4N4O. The Morgan fingerprint density at radius 1 is 1.35 bits per heavy atom. The maximum atomic E-state index is 14.1. The van der Waals surface area contributed by atoms with Crippen LogP contribution in [0.4, 0.5) is 17.6 Å². The quantitative estimate of drug-likeness (QED) is 0.820. The van der Waals surface area contributed by atoms with Crippen molar-refractivity contribution in [3.05, 3.63) is 47.8 Å². The van der Waals surface area contributed by atoms with Gasteiger partial charge in [-0.15, -0.1) is 0 Å². The van der Waals surface area contributed by atoms with Crippen molar-refractivity contribution in [1.82, 2.24) is 19.8 Å². The molecule has 142 valence electrons. The Kier molecular flexibility index (Phi) is 5.47. The Bertz CT molecular complexity index is 747. The summed E-state index contributed by atoms with van der Waals surface area (Å²) in [5.74, 6) is -0.287. The SMILES string of the molecule is Cn1ccnc1C1CNCCN1Cc1ccc(OCC(F)(F)F)c(F)c1. The third-order valence-corrected chi connectivity index (χ3v) is 4.28. The van der Waals surface area contributed by atoms with E-state index in [1.165, 1.54) is 12.1 Å². The molecule has 1 saturated heterocycles. The molecule has 5 nitrogen and oxygen atoms in total. The number of ether oxygens (including phenoxy) is 1. The zero-order valence-corrected chi connectivity index (χ0v) is 14.3. The highest BCUT2D eigenvalue weighted by atomic mass is 19.4. The van der Waals surface area contributed by atoms with Crippen molar-refractivity contribution in [2.24, 2.45) is 7.05 Å². The molecule has 2 aromatic rings. The van der Waals surface area contributed by atoms with Crippen LogP contribution >= 0.6 is 0 Å². The van der Waals surface area contributed by atoms with E-state index in [0.717, 1.165) is 25.5 Å². The fraction of sp³-hybridized carbons (Fsp3) is 0.471. The van der Waals surface area contributed by atoms with Gasteiger partial charge >= 0.3 is 6.18 Å². The van der Waals surface area contributed by atoms with E-state index in [9.17, 15) is 17.6 Å². The number of hydrogen-bond acceptors (Lipinski definition) is 4. The summed E-state index contributed by atoms with van der Waals surface area (Å²) in [5, 5.41) is 3.32. The van der Waals surface area contributed by atoms with Gasteiger partial charge in [-0.2, -0.15) is 13.2 Å². The van der Waals surface area contributed by atoms with Gasteiger partial charge in [-0.1, -0.05) is 6.07 Å². The molecule has 0 aliphatic carbocycles. The summed E-state index contributed by atoms with van der Waals surface area (Å²) in [4.78, 5) is 6.56. The van der Waals surface area contributed by atoms with E-state index in [1.807, 2.05) is 17.8 Å². The summed E-state index contributed by atoms with van der Waals surface area (Å²) >= 11 is 0. The molecule has 1 N–H and O–H groups in total. The fourth-order valence-corrected chi connectivity index (χ4v) is 3.04. The van der Waals surface area contributed by atoms with Crippen LogP contribution in [0.15, 0.2) is 30.6 Å². The molecule has 1 aromatic carbocycles. The van der Waals surface area contributed by atoms with Crippen LogP contribution in [-0.2, 0) is 13.6 Å². The van der Waals surface area contributed by atoms with E-state index in [0.29, 0.717) is 12.1 Å². The van der Waals surface area contributed by atoms with Crippen molar-refractivity contribution in [3.63, 3.8) is 0 Å². The second-order valence-electron chi connectivity index (χ2n) is 6.26. The van der Waals surface area contributed by atoms with E-state index in [4.69, 9.17) is 0 Å². The van der Waals surface area contributed by atoms with Crippen molar-refractivity contribution in [3.8, 4) is 5.75 Å². The number of piperazine rings is 1. The van der Waals surface area contributed by atoms with Gasteiger partial charge in [0.2, 0.25) is 0 Å². The van der Waals surface area contributed by atoms with E-state index >= 15 is 0 Å². The molecule has 0 amide bonds. The Hall–Kier alpha value is -2.13. The molecule has 1 aliphatic rings. The third-order valence-electron chi connectivity index (χ3n) is 4.28. The average molecular weight is 372 g/mol. The number of hydrogen-bond donors (Lipinski definition) is 1. The molecule has 2 heterocycles. The highest BCUT2D eigenvalue weighted by Gasteiger charge is 2.29. The average Bonchev–Trinajstić information content (AvgIpc) is 3.00. The van der Waals surface area contributed by atoms with Crippen LogP contribution in [0.2, 0.25) is 0 Å². The maximum absolute atomic E-state index is 14.1. The molecule has 0 radical (unpaired) electrons. The number of benzene rings is 1. The maximum Gasteiger partial charge on any atom is 0.422 e. The molecule has 1 aromatic heterocycles. The molecule has 1 atom stereocenters. The second kappa shape index (κ2) is 7.63. The number of nitrogens with zero attached hydrogens (tertiary/aromatic N) is 3. The lowest BCUT2D eigenvalue weighted by Gasteiger charge is -2.35. The molecule has 26 heavy (non-hydrogen) atoms. The first kappa shape index (κ1) is 18.7. The molecule has 1 unspecified atom stereocenters. The normalized spacial score (nSPS) is 18.9. The molecule has 1 fully saturated rings. The van der Waals surface area contributed by atoms with Gasteiger partial charge < -0.3 is 14.6 Å². The largest absolute Gasteiger partial charge is 0.481 e. The van der Waals surface area contributed by atoms with Gasteiger partial charge in [0.15, 0.2) is 18.2 Å². The van der Waals surface area contributed by atoms with Gasteiger partial charge in [-0.25, -0.2) is 9.37 Å². The number of aryl methyl sites for hydroxylation is 1. The van der Waals surface area contributed by atoms with E-state index in [2.05, 4.69) is 19.9 Å². The number of rotatable bonds is 5. The van der Waals surface area contributed by atoms with E-state index < -0.39 is 24.3 Å². The number of alkyl halides is 3. The lowest BCUT2D eigenvalue weighted by Crippen LogP contribution is -2.46. The van der Waals surface area contributed by atoms with E-state index in [1.54, 1.807) is 12.3 Å². The summed E-state index contributed by atoms with van der Waals surface area (Å²) in [6.07, 6.45) is -0.898. The lowest BCUT2D eigenvalue weighted by atomic mass is 10.1. The number of nitrogens with one attached hydrogen (secondary N) is 1. The molecule has 0 saturated carbocycles. The minimum atomic E-state index is -4.50. The predicted octanol–water partition coefficient (Wildman–Crippen LogP) is 2.65. The van der Waals surface area contributed by atoms with Crippen LogP contribution in [0.5, 0.6) is 5.75 Å². The Morgan fingerprint density at radius 3 is 2.81 bits per heavy atom. The number of aromatic nitrogens is 2. The number of halogens is 4. The zero-order valence-electron chi connectivity index (χ0n) is 14.3. The molecule has 3 rings (SSSR count). The summed E-state index contributed by atoms with van der Waals surface area (Å²) in [6, 6.07) is 4.09. The first-order chi connectivity index (χ1) is 12.3. The van der Waals surface area contributed by atoms with E-state index in [-0.39, 0.29) is 6.04 Å². The predicted molar refractivity (Wildman–Crippen MR) is 87.2 cm³/mol. The van der Waals surface area contributed by atoms with Crippen LogP contribution in [-0.4, -0.2) is 46.9 Å².